The number of morpholine rings is 1. The number of aldehydes is 1. The van der Waals surface area contributed by atoms with E-state index in [1.54, 1.807) is 11.3 Å². The number of carbonyl (C=O) groups excluding carboxylic acids is 1. The van der Waals surface area contributed by atoms with Gasteiger partial charge in [-0.05, 0) is 30.9 Å². The molecular formula is C13H19NO2S. The molecule has 1 aliphatic heterocycles. The van der Waals surface area contributed by atoms with Crippen LogP contribution in [0.5, 0.6) is 0 Å². The number of ether oxygens (including phenoxy) is 1. The van der Waals surface area contributed by atoms with Crippen LogP contribution in [0.25, 0.3) is 0 Å². The van der Waals surface area contributed by atoms with Crippen LogP contribution in [-0.2, 0) is 16.0 Å². The average molecular weight is 253 g/mol. The van der Waals surface area contributed by atoms with E-state index in [0.717, 1.165) is 39.0 Å². The van der Waals surface area contributed by atoms with Crippen LogP contribution < -0.4 is 0 Å². The maximum Gasteiger partial charge on any atom is 0.140 e. The normalized spacial score (nSPS) is 21.1. The first-order valence-electron chi connectivity index (χ1n) is 5.97. The SMILES string of the molecule is Cc1csc(CC(C)(C=O)N2CCOCC2)c1. The fraction of sp³-hybridized carbons (Fsp3) is 0.615. The predicted molar refractivity (Wildman–Crippen MR) is 69.6 cm³/mol. The van der Waals surface area contributed by atoms with E-state index in [1.165, 1.54) is 10.4 Å². The second-order valence-corrected chi connectivity index (χ2v) is 5.84. The molecule has 0 saturated carbocycles. The van der Waals surface area contributed by atoms with Crippen LogP contribution in [0.4, 0.5) is 0 Å². The summed E-state index contributed by atoms with van der Waals surface area (Å²) >= 11 is 1.74. The van der Waals surface area contributed by atoms with Gasteiger partial charge in [0, 0.05) is 24.4 Å². The van der Waals surface area contributed by atoms with Crippen molar-refractivity contribution in [1.29, 1.82) is 0 Å². The quantitative estimate of drug-likeness (QED) is 0.767. The largest absolute Gasteiger partial charge is 0.379 e. The Bertz CT molecular complexity index is 385. The minimum Gasteiger partial charge on any atom is -0.379 e. The first-order valence-corrected chi connectivity index (χ1v) is 6.85. The number of hydrogen-bond acceptors (Lipinski definition) is 4. The van der Waals surface area contributed by atoms with Crippen molar-refractivity contribution in [2.24, 2.45) is 0 Å². The molecule has 1 aromatic heterocycles. The van der Waals surface area contributed by atoms with Crippen molar-refractivity contribution < 1.29 is 9.53 Å². The molecular weight excluding hydrogens is 234 g/mol. The molecule has 1 fully saturated rings. The van der Waals surface area contributed by atoms with Gasteiger partial charge in [-0.1, -0.05) is 0 Å². The molecule has 0 bridgehead atoms. The monoisotopic (exact) mass is 253 g/mol. The van der Waals surface area contributed by atoms with Gasteiger partial charge in [-0.3, -0.25) is 4.90 Å². The van der Waals surface area contributed by atoms with E-state index in [4.69, 9.17) is 4.74 Å². The summed E-state index contributed by atoms with van der Waals surface area (Å²) in [6, 6.07) is 2.17. The fourth-order valence-corrected chi connectivity index (χ4v) is 3.27. The van der Waals surface area contributed by atoms with Gasteiger partial charge in [0.05, 0.1) is 18.8 Å². The molecule has 3 nitrogen and oxygen atoms in total. The number of carbonyl (C=O) groups is 1. The summed E-state index contributed by atoms with van der Waals surface area (Å²) in [6.45, 7) is 7.27. The molecule has 0 radical (unpaired) electrons. The van der Waals surface area contributed by atoms with E-state index in [0.29, 0.717) is 0 Å². The van der Waals surface area contributed by atoms with Gasteiger partial charge >= 0.3 is 0 Å². The highest BCUT2D eigenvalue weighted by Gasteiger charge is 2.33. The molecule has 1 unspecified atom stereocenters. The topological polar surface area (TPSA) is 29.5 Å². The predicted octanol–water partition coefficient (Wildman–Crippen LogP) is 1.89. The molecule has 4 heteroatoms. The van der Waals surface area contributed by atoms with Crippen LogP contribution in [0.3, 0.4) is 0 Å². The van der Waals surface area contributed by atoms with Crippen LogP contribution in [-0.4, -0.2) is 43.0 Å². The zero-order valence-electron chi connectivity index (χ0n) is 10.4. The molecule has 1 aliphatic rings. The van der Waals surface area contributed by atoms with Crippen molar-refractivity contribution in [2.45, 2.75) is 25.8 Å². The van der Waals surface area contributed by atoms with Crippen molar-refractivity contribution in [3.63, 3.8) is 0 Å². The van der Waals surface area contributed by atoms with Gasteiger partial charge in [0.1, 0.15) is 6.29 Å². The Morgan fingerprint density at radius 3 is 2.76 bits per heavy atom. The lowest BCUT2D eigenvalue weighted by atomic mass is 9.95. The zero-order chi connectivity index (χ0) is 12.3. The van der Waals surface area contributed by atoms with Crippen LogP contribution in [0.2, 0.25) is 0 Å². The minimum absolute atomic E-state index is 0.388. The molecule has 0 spiro atoms. The van der Waals surface area contributed by atoms with Gasteiger partial charge in [0.15, 0.2) is 0 Å². The third-order valence-electron chi connectivity index (χ3n) is 3.30. The molecule has 0 aromatic carbocycles. The van der Waals surface area contributed by atoms with Crippen molar-refractivity contribution in [3.05, 3.63) is 21.9 Å². The van der Waals surface area contributed by atoms with Crippen LogP contribution in [0.1, 0.15) is 17.4 Å². The number of aryl methyl sites for hydroxylation is 1. The fourth-order valence-electron chi connectivity index (χ4n) is 2.24. The molecule has 17 heavy (non-hydrogen) atoms. The minimum atomic E-state index is -0.388. The Labute approximate surface area is 106 Å². The van der Waals surface area contributed by atoms with Crippen LogP contribution in [0.15, 0.2) is 11.4 Å². The van der Waals surface area contributed by atoms with Crippen LogP contribution >= 0.6 is 11.3 Å². The first-order chi connectivity index (χ1) is 8.14. The summed E-state index contributed by atoms with van der Waals surface area (Å²) in [4.78, 5) is 15.0. The summed E-state index contributed by atoms with van der Waals surface area (Å²) in [5, 5.41) is 2.14. The van der Waals surface area contributed by atoms with E-state index < -0.39 is 0 Å². The summed E-state index contributed by atoms with van der Waals surface area (Å²) in [5.74, 6) is 0. The van der Waals surface area contributed by atoms with Crippen LogP contribution in [0, 0.1) is 6.92 Å². The second-order valence-electron chi connectivity index (χ2n) is 4.84. The number of hydrogen-bond donors (Lipinski definition) is 0. The Balaban J connectivity index is 2.10. The van der Waals surface area contributed by atoms with Crippen molar-refractivity contribution in [3.8, 4) is 0 Å². The zero-order valence-corrected chi connectivity index (χ0v) is 11.3. The Kier molecular flexibility index (Phi) is 3.97. The summed E-state index contributed by atoms with van der Waals surface area (Å²) in [7, 11) is 0. The number of nitrogens with zero attached hydrogens (tertiary/aromatic N) is 1. The Hall–Kier alpha value is -0.710. The summed E-state index contributed by atoms with van der Waals surface area (Å²) < 4.78 is 5.34. The highest BCUT2D eigenvalue weighted by molar-refractivity contribution is 7.10. The number of thiophene rings is 1. The Morgan fingerprint density at radius 1 is 1.53 bits per heavy atom. The van der Waals surface area contributed by atoms with E-state index in [9.17, 15) is 4.79 Å². The van der Waals surface area contributed by atoms with E-state index in [1.807, 2.05) is 6.92 Å². The molecule has 1 saturated heterocycles. The standard InChI is InChI=1S/C13H19NO2S/c1-11-7-12(17-9-11)8-13(2,10-15)14-3-5-16-6-4-14/h7,9-10H,3-6,8H2,1-2H3. The highest BCUT2D eigenvalue weighted by atomic mass is 32.1. The molecule has 0 N–H and O–H groups in total. The third-order valence-corrected chi connectivity index (χ3v) is 4.36. The van der Waals surface area contributed by atoms with Gasteiger partial charge < -0.3 is 9.53 Å². The maximum atomic E-state index is 11.5. The lowest BCUT2D eigenvalue weighted by molar-refractivity contribution is -0.120. The molecule has 1 aromatic rings. The van der Waals surface area contributed by atoms with Gasteiger partial charge in [-0.25, -0.2) is 0 Å². The lowest BCUT2D eigenvalue weighted by Crippen LogP contribution is -2.53. The van der Waals surface area contributed by atoms with Crippen molar-refractivity contribution in [2.75, 3.05) is 26.3 Å². The first kappa shape index (κ1) is 12.7. The molecule has 1 atom stereocenters. The van der Waals surface area contributed by atoms with Crippen molar-refractivity contribution >= 4 is 17.6 Å². The molecule has 2 rings (SSSR count). The van der Waals surface area contributed by atoms with Gasteiger partial charge in [-0.15, -0.1) is 11.3 Å². The van der Waals surface area contributed by atoms with E-state index >= 15 is 0 Å². The molecule has 0 amide bonds. The third kappa shape index (κ3) is 2.94. The number of rotatable bonds is 4. The molecule has 94 valence electrons. The smallest absolute Gasteiger partial charge is 0.140 e. The maximum absolute atomic E-state index is 11.5. The van der Waals surface area contributed by atoms with Gasteiger partial charge in [0.2, 0.25) is 0 Å². The van der Waals surface area contributed by atoms with E-state index in [2.05, 4.69) is 23.3 Å². The van der Waals surface area contributed by atoms with Gasteiger partial charge in [0.25, 0.3) is 0 Å². The summed E-state index contributed by atoms with van der Waals surface area (Å²) in [6.07, 6.45) is 1.89. The Morgan fingerprint density at radius 2 is 2.24 bits per heavy atom. The van der Waals surface area contributed by atoms with Gasteiger partial charge in [-0.2, -0.15) is 0 Å². The molecule has 0 aliphatic carbocycles. The van der Waals surface area contributed by atoms with E-state index in [-0.39, 0.29) is 5.54 Å². The molecule has 2 heterocycles. The summed E-state index contributed by atoms with van der Waals surface area (Å²) in [5.41, 5.74) is 0.890. The highest BCUT2D eigenvalue weighted by Crippen LogP contribution is 2.24. The average Bonchev–Trinajstić information content (AvgIpc) is 2.75. The second kappa shape index (κ2) is 5.29. The lowest BCUT2D eigenvalue weighted by Gasteiger charge is -2.39. The van der Waals surface area contributed by atoms with Crippen molar-refractivity contribution in [1.82, 2.24) is 4.90 Å².